The summed E-state index contributed by atoms with van der Waals surface area (Å²) in [6, 6.07) is 8.18. The van der Waals surface area contributed by atoms with Gasteiger partial charge in [-0.05, 0) is 61.3 Å². The molecule has 1 aromatic rings. The summed E-state index contributed by atoms with van der Waals surface area (Å²) in [7, 11) is 4.36. The van der Waals surface area contributed by atoms with Gasteiger partial charge in [-0.3, -0.25) is 4.79 Å². The lowest BCUT2D eigenvalue weighted by Gasteiger charge is -2.22. The van der Waals surface area contributed by atoms with Crippen molar-refractivity contribution in [3.05, 3.63) is 65.7 Å². The van der Waals surface area contributed by atoms with Crippen LogP contribution in [-0.4, -0.2) is 74.0 Å². The Bertz CT molecular complexity index is 977. The van der Waals surface area contributed by atoms with Crippen molar-refractivity contribution in [2.24, 2.45) is 11.8 Å². The van der Waals surface area contributed by atoms with Gasteiger partial charge in [-0.2, -0.15) is 0 Å². The van der Waals surface area contributed by atoms with Crippen LogP contribution < -0.4 is 9.64 Å². The Hall–Kier alpha value is -3.06. The van der Waals surface area contributed by atoms with E-state index in [2.05, 4.69) is 82.1 Å². The average molecular weight is 585 g/mol. The van der Waals surface area contributed by atoms with Gasteiger partial charge in [-0.15, -0.1) is 0 Å². The minimum Gasteiger partial charge on any atom is -0.493 e. The molecule has 3 atom stereocenters. The zero-order valence-electron chi connectivity index (χ0n) is 27.4. The second-order valence-electron chi connectivity index (χ2n) is 11.5. The number of ether oxygens (including phenoxy) is 1. The van der Waals surface area contributed by atoms with Gasteiger partial charge in [-0.25, -0.2) is 0 Å². The standard InChI is InChI=1S/C14H25NO.C11H20N2.C8H8O.C2H4O2/c1-4-6-13(5-2)10-14-9-12(3)11-15(14)7-8-16;1-4-5-9-13(3)11-7-6-8-12(2)10-11;1-2-4-8-7(3-1)5-6-9-8;1-2(3)4/h8,10,12-13H,4-7,9,11H2,1-3H3;6-7,10H,4-5,8-9H2,1-3H3;1-4H,5-6H2;1H3,(H,3,4)/p+1/b14-10+;;;. The van der Waals surface area contributed by atoms with Gasteiger partial charge in [0.05, 0.1) is 25.9 Å². The second-order valence-corrected chi connectivity index (χ2v) is 11.5. The molecule has 1 saturated heterocycles. The van der Waals surface area contributed by atoms with Gasteiger partial charge in [0.1, 0.15) is 24.8 Å². The first-order chi connectivity index (χ1) is 20.1. The number of fused-ring (bicyclic) bond motifs is 1. The van der Waals surface area contributed by atoms with Gasteiger partial charge >= 0.3 is 0 Å². The number of unbranched alkanes of at least 4 members (excludes halogenated alkanes) is 1. The van der Waals surface area contributed by atoms with E-state index in [9.17, 15) is 4.79 Å². The fraction of sp³-hybridized carbons (Fsp3) is 0.600. The molecule has 0 amide bonds. The molecule has 42 heavy (non-hydrogen) atoms. The predicted molar refractivity (Wildman–Crippen MR) is 174 cm³/mol. The number of rotatable bonds is 10. The molecule has 2 N–H and O–H groups in total. The molecule has 0 aromatic heterocycles. The summed E-state index contributed by atoms with van der Waals surface area (Å²) in [6.45, 7) is 14.8. The van der Waals surface area contributed by atoms with E-state index in [-0.39, 0.29) is 0 Å². The Morgan fingerprint density at radius 2 is 1.95 bits per heavy atom. The number of nitrogens with zero attached hydrogens (tertiary/aromatic N) is 2. The molecule has 236 valence electrons. The van der Waals surface area contributed by atoms with Crippen LogP contribution in [0, 0.1) is 11.8 Å². The molecule has 0 bridgehead atoms. The molecule has 3 aliphatic heterocycles. The Kier molecular flexibility index (Phi) is 19.0. The monoisotopic (exact) mass is 584 g/mol. The number of carboxylic acid groups (broad SMARTS) is 1. The molecule has 1 aromatic carbocycles. The van der Waals surface area contributed by atoms with Gasteiger partial charge in [0.25, 0.3) is 5.97 Å². The maximum Gasteiger partial charge on any atom is 0.300 e. The summed E-state index contributed by atoms with van der Waals surface area (Å²) in [6.07, 6.45) is 18.7. The molecule has 7 nitrogen and oxygen atoms in total. The van der Waals surface area contributed by atoms with Gasteiger partial charge in [0.15, 0.2) is 0 Å². The molecule has 4 rings (SSSR count). The second kappa shape index (κ2) is 21.6. The van der Waals surface area contributed by atoms with E-state index in [1.807, 2.05) is 18.2 Å². The number of aliphatic carboxylic acids is 1. The fourth-order valence-electron chi connectivity index (χ4n) is 5.16. The van der Waals surface area contributed by atoms with Crippen molar-refractivity contribution < 1.29 is 24.3 Å². The minimum absolute atomic E-state index is 0.568. The number of carbonyl (C=O) groups is 2. The lowest BCUT2D eigenvalue weighted by molar-refractivity contribution is -0.819. The number of hydrogen-bond donors (Lipinski definition) is 2. The van der Waals surface area contributed by atoms with Gasteiger partial charge < -0.3 is 29.3 Å². The lowest BCUT2D eigenvalue weighted by Crippen LogP contribution is -3.04. The Morgan fingerprint density at radius 3 is 2.55 bits per heavy atom. The summed E-state index contributed by atoms with van der Waals surface area (Å²) in [5.41, 5.74) is 4.11. The molecule has 0 aliphatic carbocycles. The number of carboxylic acids is 1. The number of likely N-dealkylation sites (N-methyl/N-ethyl adjacent to an activating group) is 2. The maximum absolute atomic E-state index is 10.6. The fourth-order valence-corrected chi connectivity index (χ4v) is 5.16. The molecule has 7 heteroatoms. The molecule has 0 spiro atoms. The number of quaternary nitrogens is 1. The third-order valence-corrected chi connectivity index (χ3v) is 7.41. The number of nitrogens with one attached hydrogen (secondary N) is 1. The van der Waals surface area contributed by atoms with Crippen molar-refractivity contribution >= 4 is 12.3 Å². The van der Waals surface area contributed by atoms with Crippen molar-refractivity contribution in [1.29, 1.82) is 0 Å². The van der Waals surface area contributed by atoms with Crippen molar-refractivity contribution in [1.82, 2.24) is 9.80 Å². The summed E-state index contributed by atoms with van der Waals surface area (Å²) in [5.74, 6) is 1.63. The normalized spacial score (nSPS) is 19.9. The third-order valence-electron chi connectivity index (χ3n) is 7.41. The van der Waals surface area contributed by atoms with E-state index in [4.69, 9.17) is 14.6 Å². The molecular weight excluding hydrogens is 526 g/mol. The SMILES string of the molecule is CC(=O)O.CCCC(/C=C1\CC(C)CN1CC=O)CC.CCCCN(C)C1=C[NH+](C)CC=C1.c1ccc2c(c1)CCO2. The Morgan fingerprint density at radius 1 is 1.24 bits per heavy atom. The first-order valence-electron chi connectivity index (χ1n) is 15.9. The molecule has 3 heterocycles. The third kappa shape index (κ3) is 15.2. The van der Waals surface area contributed by atoms with Crippen molar-refractivity contribution in [3.63, 3.8) is 0 Å². The maximum atomic E-state index is 10.6. The summed E-state index contributed by atoms with van der Waals surface area (Å²) < 4.78 is 5.30. The van der Waals surface area contributed by atoms with Crippen molar-refractivity contribution in [2.75, 3.05) is 46.9 Å². The molecule has 3 aliphatic rings. The van der Waals surface area contributed by atoms with Crippen LogP contribution in [0.25, 0.3) is 0 Å². The number of carbonyl (C=O) groups excluding carboxylic acids is 1. The average Bonchev–Trinajstić information content (AvgIpc) is 3.58. The van der Waals surface area contributed by atoms with Crippen molar-refractivity contribution in [2.45, 2.75) is 79.6 Å². The van der Waals surface area contributed by atoms with Crippen LogP contribution in [-0.2, 0) is 16.0 Å². The first kappa shape index (κ1) is 37.0. The van der Waals surface area contributed by atoms with Gasteiger partial charge in [-0.1, -0.05) is 64.8 Å². The number of likely N-dealkylation sites (tertiary alicyclic amines) is 1. The zero-order chi connectivity index (χ0) is 31.3. The van der Waals surface area contributed by atoms with Crippen LogP contribution in [0.15, 0.2) is 60.1 Å². The number of para-hydroxylation sites is 1. The van der Waals surface area contributed by atoms with E-state index in [0.717, 1.165) is 51.5 Å². The topological polar surface area (TPSA) is 74.5 Å². The summed E-state index contributed by atoms with van der Waals surface area (Å²) in [4.78, 5) is 25.7. The van der Waals surface area contributed by atoms with Gasteiger partial charge in [0, 0.05) is 39.2 Å². The van der Waals surface area contributed by atoms with E-state index in [1.54, 1.807) is 0 Å². The number of hydrogen-bond acceptors (Lipinski definition) is 5. The van der Waals surface area contributed by atoms with Crippen LogP contribution >= 0.6 is 0 Å². The van der Waals surface area contributed by atoms with Gasteiger partial charge in [0.2, 0.25) is 0 Å². The molecular formula is C35H58N3O4+. The molecule has 0 saturated carbocycles. The van der Waals surface area contributed by atoms with Crippen LogP contribution in [0.5, 0.6) is 5.75 Å². The highest BCUT2D eigenvalue weighted by Crippen LogP contribution is 2.28. The quantitative estimate of drug-likeness (QED) is 0.349. The highest BCUT2D eigenvalue weighted by molar-refractivity contribution is 5.63. The first-order valence-corrected chi connectivity index (χ1v) is 15.9. The van der Waals surface area contributed by atoms with Crippen LogP contribution in [0.1, 0.15) is 78.7 Å². The largest absolute Gasteiger partial charge is 0.493 e. The molecule has 0 radical (unpaired) electrons. The number of benzene rings is 1. The van der Waals surface area contributed by atoms with Crippen LogP contribution in [0.2, 0.25) is 0 Å². The lowest BCUT2D eigenvalue weighted by atomic mass is 9.98. The molecule has 1 fully saturated rings. The van der Waals surface area contributed by atoms with E-state index in [1.165, 1.54) is 60.5 Å². The van der Waals surface area contributed by atoms with Crippen LogP contribution in [0.3, 0.4) is 0 Å². The highest BCUT2D eigenvalue weighted by Gasteiger charge is 2.23. The number of aldehydes is 1. The van der Waals surface area contributed by atoms with E-state index in [0.29, 0.717) is 18.4 Å². The molecule has 3 unspecified atom stereocenters. The Balaban J connectivity index is 0.000000304. The number of allylic oxidation sites excluding steroid dienone is 3. The highest BCUT2D eigenvalue weighted by atomic mass is 16.5. The van der Waals surface area contributed by atoms with E-state index < -0.39 is 5.97 Å². The van der Waals surface area contributed by atoms with Crippen molar-refractivity contribution in [3.8, 4) is 5.75 Å². The summed E-state index contributed by atoms with van der Waals surface area (Å²) >= 11 is 0. The van der Waals surface area contributed by atoms with E-state index >= 15 is 0 Å². The summed E-state index contributed by atoms with van der Waals surface area (Å²) in [5, 5.41) is 7.42. The zero-order valence-corrected chi connectivity index (χ0v) is 27.4. The predicted octanol–water partition coefficient (Wildman–Crippen LogP) is 5.59. The minimum atomic E-state index is -0.833. The smallest absolute Gasteiger partial charge is 0.300 e. The Labute approximate surface area is 255 Å². The van der Waals surface area contributed by atoms with Crippen LogP contribution in [0.4, 0.5) is 0 Å².